The van der Waals surface area contributed by atoms with Gasteiger partial charge in [-0.05, 0) is 24.3 Å². The number of anilines is 1. The number of aryl methyl sites for hydroxylation is 1. The van der Waals surface area contributed by atoms with Crippen LogP contribution in [0.4, 0.5) is 5.13 Å². The number of rotatable bonds is 7. The summed E-state index contributed by atoms with van der Waals surface area (Å²) in [4.78, 5) is 29.5. The van der Waals surface area contributed by atoms with Gasteiger partial charge in [0, 0.05) is 37.5 Å². The van der Waals surface area contributed by atoms with E-state index in [1.54, 1.807) is 16.8 Å². The third-order valence-corrected chi connectivity index (χ3v) is 5.64. The minimum Gasteiger partial charge on any atom is -0.340 e. The SMILES string of the molecule is O=C(CN1CCN(C(=O)CCCc2cccs2)CC1)Nc1nncs1. The Morgan fingerprint density at radius 1 is 1.20 bits per heavy atom. The van der Waals surface area contributed by atoms with Crippen LogP contribution < -0.4 is 5.32 Å². The predicted molar refractivity (Wildman–Crippen MR) is 98.8 cm³/mol. The summed E-state index contributed by atoms with van der Waals surface area (Å²) in [5.41, 5.74) is 1.58. The van der Waals surface area contributed by atoms with E-state index >= 15 is 0 Å². The molecule has 0 unspecified atom stereocenters. The number of nitrogens with one attached hydrogen (secondary N) is 1. The summed E-state index contributed by atoms with van der Waals surface area (Å²) in [5.74, 6) is 0.127. The molecule has 0 saturated carbocycles. The van der Waals surface area contributed by atoms with E-state index in [1.165, 1.54) is 16.2 Å². The zero-order valence-corrected chi connectivity index (χ0v) is 15.5. The smallest absolute Gasteiger partial charge is 0.240 e. The molecule has 2 amide bonds. The van der Waals surface area contributed by atoms with Gasteiger partial charge in [-0.25, -0.2) is 0 Å². The van der Waals surface area contributed by atoms with Crippen molar-refractivity contribution < 1.29 is 9.59 Å². The van der Waals surface area contributed by atoms with E-state index in [-0.39, 0.29) is 11.8 Å². The van der Waals surface area contributed by atoms with E-state index in [9.17, 15) is 9.59 Å². The summed E-state index contributed by atoms with van der Waals surface area (Å²) < 4.78 is 0. The van der Waals surface area contributed by atoms with Gasteiger partial charge in [0.25, 0.3) is 0 Å². The standard InChI is InChI=1S/C16H21N5O2S2/c22-14(18-16-19-17-12-25-16)11-20-6-8-21(9-7-20)15(23)5-1-3-13-4-2-10-24-13/h2,4,10,12H,1,3,5-9,11H2,(H,18,19,22). The lowest BCUT2D eigenvalue weighted by Crippen LogP contribution is -2.50. The van der Waals surface area contributed by atoms with Crippen LogP contribution in [0.2, 0.25) is 0 Å². The van der Waals surface area contributed by atoms with Gasteiger partial charge in [0.2, 0.25) is 16.9 Å². The van der Waals surface area contributed by atoms with E-state index in [2.05, 4.69) is 31.9 Å². The fraction of sp³-hybridized carbons (Fsp3) is 0.500. The van der Waals surface area contributed by atoms with Gasteiger partial charge in [-0.3, -0.25) is 19.8 Å². The summed E-state index contributed by atoms with van der Waals surface area (Å²) >= 11 is 3.04. The fourth-order valence-electron chi connectivity index (χ4n) is 2.77. The number of amides is 2. The van der Waals surface area contributed by atoms with Crippen LogP contribution in [0.25, 0.3) is 0 Å². The summed E-state index contributed by atoms with van der Waals surface area (Å²) in [6.45, 7) is 3.13. The Morgan fingerprint density at radius 3 is 2.72 bits per heavy atom. The highest BCUT2D eigenvalue weighted by molar-refractivity contribution is 7.13. The normalized spacial score (nSPS) is 15.3. The summed E-state index contributed by atoms with van der Waals surface area (Å²) in [5, 5.41) is 12.8. The number of nitrogens with zero attached hydrogens (tertiary/aromatic N) is 4. The molecule has 1 aliphatic rings. The lowest BCUT2D eigenvalue weighted by Gasteiger charge is -2.34. The topological polar surface area (TPSA) is 78.4 Å². The van der Waals surface area contributed by atoms with Gasteiger partial charge in [-0.2, -0.15) is 0 Å². The number of aromatic nitrogens is 2. The molecule has 0 bridgehead atoms. The molecule has 0 aliphatic carbocycles. The molecule has 1 aliphatic heterocycles. The molecule has 1 fully saturated rings. The highest BCUT2D eigenvalue weighted by Gasteiger charge is 2.22. The number of carbonyl (C=O) groups excluding carboxylic acids is 2. The van der Waals surface area contributed by atoms with Crippen LogP contribution in [-0.4, -0.2) is 64.5 Å². The Kier molecular flexibility index (Phi) is 6.48. The second-order valence-electron chi connectivity index (χ2n) is 5.88. The molecular formula is C16H21N5O2S2. The Labute approximate surface area is 154 Å². The van der Waals surface area contributed by atoms with E-state index < -0.39 is 0 Å². The Bertz CT molecular complexity index is 667. The van der Waals surface area contributed by atoms with Gasteiger partial charge in [0.1, 0.15) is 5.51 Å². The number of hydrogen-bond donors (Lipinski definition) is 1. The predicted octanol–water partition coefficient (Wildman–Crippen LogP) is 1.71. The molecule has 7 nitrogen and oxygen atoms in total. The van der Waals surface area contributed by atoms with Crippen LogP contribution in [0.5, 0.6) is 0 Å². The molecule has 3 rings (SSSR count). The van der Waals surface area contributed by atoms with Crippen LogP contribution in [-0.2, 0) is 16.0 Å². The first-order valence-electron chi connectivity index (χ1n) is 8.29. The van der Waals surface area contributed by atoms with Crippen LogP contribution in [0.3, 0.4) is 0 Å². The number of carbonyl (C=O) groups is 2. The molecule has 3 heterocycles. The third-order valence-electron chi connectivity index (χ3n) is 4.09. The molecule has 0 spiro atoms. The van der Waals surface area contributed by atoms with Crippen LogP contribution in [0.1, 0.15) is 17.7 Å². The zero-order chi connectivity index (χ0) is 17.5. The van der Waals surface area contributed by atoms with Crippen molar-refractivity contribution in [1.82, 2.24) is 20.0 Å². The minimum atomic E-state index is -0.0903. The van der Waals surface area contributed by atoms with Crippen molar-refractivity contribution in [3.8, 4) is 0 Å². The van der Waals surface area contributed by atoms with Crippen molar-refractivity contribution >= 4 is 39.6 Å². The molecule has 2 aromatic heterocycles. The summed E-state index contributed by atoms with van der Waals surface area (Å²) in [7, 11) is 0. The molecule has 1 saturated heterocycles. The fourth-order valence-corrected chi connectivity index (χ4v) is 3.98. The summed E-state index contributed by atoms with van der Waals surface area (Å²) in [6, 6.07) is 4.16. The van der Waals surface area contributed by atoms with E-state index in [0.717, 1.165) is 25.9 Å². The Hall–Kier alpha value is -1.84. The molecule has 9 heteroatoms. The maximum atomic E-state index is 12.3. The van der Waals surface area contributed by atoms with Crippen molar-refractivity contribution in [2.45, 2.75) is 19.3 Å². The molecule has 0 aromatic carbocycles. The molecule has 25 heavy (non-hydrogen) atoms. The van der Waals surface area contributed by atoms with Crippen LogP contribution >= 0.6 is 22.7 Å². The first-order valence-corrected chi connectivity index (χ1v) is 10.0. The van der Waals surface area contributed by atoms with Crippen molar-refractivity contribution in [1.29, 1.82) is 0 Å². The first-order chi connectivity index (χ1) is 12.2. The largest absolute Gasteiger partial charge is 0.340 e. The Balaban J connectivity index is 1.33. The van der Waals surface area contributed by atoms with Crippen LogP contribution in [0, 0.1) is 0 Å². The lowest BCUT2D eigenvalue weighted by atomic mass is 10.2. The van der Waals surface area contributed by atoms with Gasteiger partial charge in [-0.1, -0.05) is 17.4 Å². The highest BCUT2D eigenvalue weighted by Crippen LogP contribution is 2.13. The quantitative estimate of drug-likeness (QED) is 0.792. The first kappa shape index (κ1) is 18.0. The molecule has 0 radical (unpaired) electrons. The average Bonchev–Trinajstić information content (AvgIpc) is 3.29. The van der Waals surface area contributed by atoms with Crippen molar-refractivity contribution in [3.05, 3.63) is 27.9 Å². The average molecular weight is 380 g/mol. The molecule has 134 valence electrons. The minimum absolute atomic E-state index is 0.0903. The second kappa shape index (κ2) is 9.02. The third kappa shape index (κ3) is 5.58. The molecular weight excluding hydrogens is 358 g/mol. The lowest BCUT2D eigenvalue weighted by molar-refractivity contribution is -0.133. The van der Waals surface area contributed by atoms with Gasteiger partial charge < -0.3 is 4.90 Å². The van der Waals surface area contributed by atoms with Gasteiger partial charge in [-0.15, -0.1) is 21.5 Å². The zero-order valence-electron chi connectivity index (χ0n) is 13.9. The number of piperazine rings is 1. The van der Waals surface area contributed by atoms with Crippen molar-refractivity contribution in [2.75, 3.05) is 38.0 Å². The second-order valence-corrected chi connectivity index (χ2v) is 7.75. The number of hydrogen-bond acceptors (Lipinski definition) is 7. The molecule has 2 aromatic rings. The van der Waals surface area contributed by atoms with Crippen molar-refractivity contribution in [2.24, 2.45) is 0 Å². The van der Waals surface area contributed by atoms with E-state index in [1.807, 2.05) is 11.0 Å². The van der Waals surface area contributed by atoms with Gasteiger partial charge in [0.05, 0.1) is 6.54 Å². The van der Waals surface area contributed by atoms with E-state index in [4.69, 9.17) is 0 Å². The maximum absolute atomic E-state index is 12.3. The van der Waals surface area contributed by atoms with Crippen LogP contribution in [0.15, 0.2) is 23.0 Å². The summed E-state index contributed by atoms with van der Waals surface area (Å²) in [6.07, 6.45) is 2.45. The van der Waals surface area contributed by atoms with Gasteiger partial charge >= 0.3 is 0 Å². The monoisotopic (exact) mass is 379 g/mol. The van der Waals surface area contributed by atoms with Crippen molar-refractivity contribution in [3.63, 3.8) is 0 Å². The van der Waals surface area contributed by atoms with Gasteiger partial charge in [0.15, 0.2) is 0 Å². The molecule has 0 atom stereocenters. The highest BCUT2D eigenvalue weighted by atomic mass is 32.1. The van der Waals surface area contributed by atoms with E-state index in [0.29, 0.717) is 31.2 Å². The number of thiophene rings is 1. The Morgan fingerprint density at radius 2 is 2.04 bits per heavy atom. The maximum Gasteiger partial charge on any atom is 0.240 e. The molecule has 1 N–H and O–H groups in total.